The molecule has 1 amide bonds. The number of halogens is 2. The summed E-state index contributed by atoms with van der Waals surface area (Å²) in [6, 6.07) is 15.1. The maximum absolute atomic E-state index is 12.6. The first-order valence-corrected chi connectivity index (χ1v) is 9.91. The highest BCUT2D eigenvalue weighted by Crippen LogP contribution is 2.22. The molecule has 1 aliphatic rings. The summed E-state index contributed by atoms with van der Waals surface area (Å²) >= 11 is 3.35. The standard InChI is InChI=1S/C21H18BrN5O2.ClH/c22-17-3-6-19(15(9-17)10-23)27-13-16(11-25-27)21(28)26-18-4-1-14(2-5-18)20-12-24-7-8-29-20;/h1-6,9,11,13,20,24H,7-8,12H2,(H,26,28);1H. The van der Waals surface area contributed by atoms with Crippen LogP contribution in [0.25, 0.3) is 5.69 Å². The molecule has 2 aromatic carbocycles. The van der Waals surface area contributed by atoms with Gasteiger partial charge in [-0.25, -0.2) is 4.68 Å². The molecule has 0 saturated carbocycles. The molecule has 3 aromatic rings. The summed E-state index contributed by atoms with van der Waals surface area (Å²) in [5.41, 5.74) is 3.24. The van der Waals surface area contributed by atoms with Crippen LogP contribution in [0.2, 0.25) is 0 Å². The zero-order chi connectivity index (χ0) is 20.2. The SMILES string of the molecule is Cl.N#Cc1cc(Br)ccc1-n1cc(C(=O)Nc2ccc(C3CNCCO3)cc2)cn1. The lowest BCUT2D eigenvalue weighted by Crippen LogP contribution is -2.33. The van der Waals surface area contributed by atoms with Crippen molar-refractivity contribution < 1.29 is 9.53 Å². The Morgan fingerprint density at radius 3 is 2.80 bits per heavy atom. The average Bonchev–Trinajstić information content (AvgIpc) is 3.25. The van der Waals surface area contributed by atoms with E-state index in [2.05, 4.69) is 37.7 Å². The van der Waals surface area contributed by atoms with Crippen LogP contribution in [0, 0.1) is 11.3 Å². The summed E-state index contributed by atoms with van der Waals surface area (Å²) in [5.74, 6) is -0.268. The number of nitriles is 1. The van der Waals surface area contributed by atoms with E-state index in [1.165, 1.54) is 10.9 Å². The van der Waals surface area contributed by atoms with Crippen molar-refractivity contribution in [3.8, 4) is 11.8 Å². The van der Waals surface area contributed by atoms with Gasteiger partial charge in [0.2, 0.25) is 0 Å². The lowest BCUT2D eigenvalue weighted by molar-refractivity contribution is 0.0277. The molecule has 0 radical (unpaired) electrons. The molecular weight excluding hydrogens is 470 g/mol. The number of hydrogen-bond acceptors (Lipinski definition) is 5. The van der Waals surface area contributed by atoms with Crippen LogP contribution in [-0.2, 0) is 4.74 Å². The number of aromatic nitrogens is 2. The monoisotopic (exact) mass is 487 g/mol. The van der Waals surface area contributed by atoms with Gasteiger partial charge in [-0.05, 0) is 35.9 Å². The molecular formula is C21H19BrClN5O2. The predicted octanol–water partition coefficient (Wildman–Crippen LogP) is 3.84. The largest absolute Gasteiger partial charge is 0.371 e. The number of ether oxygens (including phenoxy) is 1. The Kier molecular flexibility index (Phi) is 7.24. The fourth-order valence-electron chi connectivity index (χ4n) is 3.13. The van der Waals surface area contributed by atoms with Gasteiger partial charge in [0.05, 0.1) is 35.7 Å². The van der Waals surface area contributed by atoms with Gasteiger partial charge in [-0.1, -0.05) is 28.1 Å². The third kappa shape index (κ3) is 4.89. The van der Waals surface area contributed by atoms with Gasteiger partial charge in [0.1, 0.15) is 6.07 Å². The predicted molar refractivity (Wildman–Crippen MR) is 119 cm³/mol. The molecule has 1 fully saturated rings. The Labute approximate surface area is 188 Å². The van der Waals surface area contributed by atoms with Crippen LogP contribution in [0.3, 0.4) is 0 Å². The first-order chi connectivity index (χ1) is 14.1. The molecule has 9 heteroatoms. The van der Waals surface area contributed by atoms with E-state index in [4.69, 9.17) is 4.74 Å². The Bertz CT molecular complexity index is 1070. The highest BCUT2D eigenvalue weighted by molar-refractivity contribution is 9.10. The highest BCUT2D eigenvalue weighted by Gasteiger charge is 2.16. The summed E-state index contributed by atoms with van der Waals surface area (Å²) in [6.45, 7) is 2.35. The van der Waals surface area contributed by atoms with Crippen LogP contribution in [0.1, 0.15) is 27.6 Å². The minimum atomic E-state index is -0.268. The summed E-state index contributed by atoms with van der Waals surface area (Å²) in [5, 5.41) is 19.7. The van der Waals surface area contributed by atoms with E-state index >= 15 is 0 Å². The maximum atomic E-state index is 12.6. The molecule has 7 nitrogen and oxygen atoms in total. The lowest BCUT2D eigenvalue weighted by atomic mass is 10.1. The van der Waals surface area contributed by atoms with Crippen molar-refractivity contribution in [2.75, 3.05) is 25.0 Å². The molecule has 1 unspecified atom stereocenters. The van der Waals surface area contributed by atoms with Crippen LogP contribution in [0.5, 0.6) is 0 Å². The molecule has 2 heterocycles. The van der Waals surface area contributed by atoms with Gasteiger partial charge in [0.25, 0.3) is 5.91 Å². The van der Waals surface area contributed by atoms with Gasteiger partial charge in [-0.2, -0.15) is 10.4 Å². The zero-order valence-electron chi connectivity index (χ0n) is 15.8. The lowest BCUT2D eigenvalue weighted by Gasteiger charge is -2.24. The van der Waals surface area contributed by atoms with Gasteiger partial charge in [0.15, 0.2) is 0 Å². The van der Waals surface area contributed by atoms with Crippen molar-refractivity contribution in [2.24, 2.45) is 0 Å². The molecule has 154 valence electrons. The number of amides is 1. The van der Waals surface area contributed by atoms with E-state index in [-0.39, 0.29) is 24.4 Å². The van der Waals surface area contributed by atoms with Gasteiger partial charge < -0.3 is 15.4 Å². The molecule has 30 heavy (non-hydrogen) atoms. The third-order valence-corrected chi connectivity index (χ3v) is 5.13. The minimum absolute atomic E-state index is 0. The van der Waals surface area contributed by atoms with E-state index < -0.39 is 0 Å². The topological polar surface area (TPSA) is 92.0 Å². The smallest absolute Gasteiger partial charge is 0.258 e. The number of anilines is 1. The quantitative estimate of drug-likeness (QED) is 0.582. The number of nitrogens with zero attached hydrogens (tertiary/aromatic N) is 3. The normalized spacial score (nSPS) is 15.7. The number of benzene rings is 2. The highest BCUT2D eigenvalue weighted by atomic mass is 79.9. The maximum Gasteiger partial charge on any atom is 0.258 e. The molecule has 1 saturated heterocycles. The number of nitrogens with one attached hydrogen (secondary N) is 2. The molecule has 1 aliphatic heterocycles. The number of carbonyl (C=O) groups excluding carboxylic acids is 1. The molecule has 0 spiro atoms. The van der Waals surface area contributed by atoms with Crippen molar-refractivity contribution in [1.82, 2.24) is 15.1 Å². The fourth-order valence-corrected chi connectivity index (χ4v) is 3.49. The second-order valence-electron chi connectivity index (χ2n) is 6.59. The molecule has 1 atom stereocenters. The van der Waals surface area contributed by atoms with Gasteiger partial charge in [-0.15, -0.1) is 12.4 Å². The first kappa shape index (κ1) is 22.0. The first-order valence-electron chi connectivity index (χ1n) is 9.12. The van der Waals surface area contributed by atoms with Crippen LogP contribution >= 0.6 is 28.3 Å². The molecule has 2 N–H and O–H groups in total. The van der Waals surface area contributed by atoms with Crippen molar-refractivity contribution in [3.05, 3.63) is 76.0 Å². The number of rotatable bonds is 4. The van der Waals surface area contributed by atoms with Crippen molar-refractivity contribution in [3.63, 3.8) is 0 Å². The van der Waals surface area contributed by atoms with Crippen LogP contribution in [0.15, 0.2) is 59.3 Å². The summed E-state index contributed by atoms with van der Waals surface area (Å²) < 4.78 is 8.07. The van der Waals surface area contributed by atoms with E-state index in [0.717, 1.165) is 23.1 Å². The Morgan fingerprint density at radius 1 is 1.30 bits per heavy atom. The Balaban J connectivity index is 0.00000256. The molecule has 1 aromatic heterocycles. The van der Waals surface area contributed by atoms with Crippen molar-refractivity contribution in [1.29, 1.82) is 5.26 Å². The minimum Gasteiger partial charge on any atom is -0.371 e. The zero-order valence-corrected chi connectivity index (χ0v) is 18.2. The Morgan fingerprint density at radius 2 is 2.10 bits per heavy atom. The number of morpholine rings is 1. The van der Waals surface area contributed by atoms with Gasteiger partial charge in [-0.3, -0.25) is 4.79 Å². The van der Waals surface area contributed by atoms with Crippen LogP contribution in [0.4, 0.5) is 5.69 Å². The van der Waals surface area contributed by atoms with Crippen molar-refractivity contribution >= 4 is 39.9 Å². The van der Waals surface area contributed by atoms with E-state index in [0.29, 0.717) is 29.1 Å². The van der Waals surface area contributed by atoms with E-state index in [1.54, 1.807) is 18.3 Å². The second kappa shape index (κ2) is 9.87. The number of carbonyl (C=O) groups is 1. The third-order valence-electron chi connectivity index (χ3n) is 4.64. The molecule has 4 rings (SSSR count). The fraction of sp³-hybridized carbons (Fsp3) is 0.190. The Hall–Kier alpha value is -2.70. The average molecular weight is 489 g/mol. The number of hydrogen-bond donors (Lipinski definition) is 2. The molecule has 0 aliphatic carbocycles. The molecule has 0 bridgehead atoms. The summed E-state index contributed by atoms with van der Waals surface area (Å²) in [6.07, 6.45) is 3.12. The van der Waals surface area contributed by atoms with Crippen molar-refractivity contribution in [2.45, 2.75) is 6.10 Å². The summed E-state index contributed by atoms with van der Waals surface area (Å²) in [7, 11) is 0. The van der Waals surface area contributed by atoms with Crippen LogP contribution in [-0.4, -0.2) is 35.4 Å². The van der Waals surface area contributed by atoms with E-state index in [1.807, 2.05) is 30.3 Å². The second-order valence-corrected chi connectivity index (χ2v) is 7.50. The van der Waals surface area contributed by atoms with E-state index in [9.17, 15) is 10.1 Å². The summed E-state index contributed by atoms with van der Waals surface area (Å²) in [4.78, 5) is 12.6. The van der Waals surface area contributed by atoms with Gasteiger partial charge in [0, 0.05) is 29.4 Å². The van der Waals surface area contributed by atoms with Gasteiger partial charge >= 0.3 is 0 Å². The van der Waals surface area contributed by atoms with Crippen LogP contribution < -0.4 is 10.6 Å².